The van der Waals surface area contributed by atoms with Gasteiger partial charge in [-0.15, -0.1) is 5.10 Å². The van der Waals surface area contributed by atoms with Crippen LogP contribution >= 0.6 is 0 Å². The maximum absolute atomic E-state index is 13.8. The third-order valence-electron chi connectivity index (χ3n) is 11.9. The van der Waals surface area contributed by atoms with Crippen molar-refractivity contribution >= 4 is 11.8 Å². The highest BCUT2D eigenvalue weighted by Gasteiger charge is 2.50. The Hall–Kier alpha value is -3.29. The molecule has 2 saturated heterocycles. The van der Waals surface area contributed by atoms with Gasteiger partial charge >= 0.3 is 5.97 Å². The van der Waals surface area contributed by atoms with Gasteiger partial charge in [-0.1, -0.05) is 52.0 Å². The molecule has 0 saturated carbocycles. The summed E-state index contributed by atoms with van der Waals surface area (Å²) in [5.41, 5.74) is -0.531. The summed E-state index contributed by atoms with van der Waals surface area (Å²) in [5, 5.41) is 52.2. The van der Waals surface area contributed by atoms with Gasteiger partial charge in [0.15, 0.2) is 6.29 Å². The van der Waals surface area contributed by atoms with E-state index in [4.69, 9.17) is 24.2 Å². The second-order valence-electron chi connectivity index (χ2n) is 16.5. The van der Waals surface area contributed by atoms with Gasteiger partial charge in [-0.2, -0.15) is 5.26 Å². The quantitative estimate of drug-likeness (QED) is 0.297. The first-order chi connectivity index (χ1) is 25.8. The standard InChI is InChI=1S/C41H63N5O9/c1-11-33-41(8,51)36(49)28(6)34(47)26(4)20-40(7,52-10)37(24(2)18-25(3)38(50)54-33)55-39-35(48)32(19-27(5)53-39)45(9)17-16-31-23-46(44-43-31)22-30-14-12-29(21-42)13-15-30/h12-15,23-28,32-33,35-37,39,48-49,51H,11,16-20,22H2,1-10H3/t24-,25+,26+,27+,28-,32-,33+,35+,36+,37+,39-,40+,41+/m0/s1. The molecule has 1 aromatic carbocycles. The number of likely N-dealkylation sites (N-methyl/N-ethyl adjacent to an activating group) is 1. The van der Waals surface area contributed by atoms with Gasteiger partial charge < -0.3 is 39.2 Å². The van der Waals surface area contributed by atoms with Crippen LogP contribution in [0.4, 0.5) is 0 Å². The zero-order valence-corrected chi connectivity index (χ0v) is 34.2. The summed E-state index contributed by atoms with van der Waals surface area (Å²) >= 11 is 0. The van der Waals surface area contributed by atoms with E-state index in [-0.39, 0.29) is 36.7 Å². The van der Waals surface area contributed by atoms with E-state index in [2.05, 4.69) is 21.3 Å². The number of methoxy groups -OCH3 is 1. The van der Waals surface area contributed by atoms with Crippen LogP contribution < -0.4 is 0 Å². The first kappa shape index (κ1) is 44.4. The highest BCUT2D eigenvalue weighted by molar-refractivity contribution is 5.83. The molecule has 0 radical (unpaired) electrons. The molecule has 0 bridgehead atoms. The van der Waals surface area contributed by atoms with Crippen molar-refractivity contribution in [2.24, 2.45) is 23.7 Å². The SMILES string of the molecule is CC[C@H]1OC(=O)[C@H](C)C[C@H](C)[C@@H](O[C@@H]2O[C@H](C)C[C@H](N(C)CCc3cn(Cc4ccc(C#N)cc4)nn3)[C@H]2O)[C@](C)(OC)C[C@@H](C)C(=O)[C@H](C)[C@@H](O)[C@]1(C)O. The zero-order valence-electron chi connectivity index (χ0n) is 34.2. The van der Waals surface area contributed by atoms with Gasteiger partial charge in [-0.3, -0.25) is 9.59 Å². The molecule has 14 nitrogen and oxygen atoms in total. The Morgan fingerprint density at radius 3 is 2.36 bits per heavy atom. The van der Waals surface area contributed by atoms with Crippen LogP contribution in [0.15, 0.2) is 30.5 Å². The molecule has 0 unspecified atom stereocenters. The largest absolute Gasteiger partial charge is 0.459 e. The number of carbonyl (C=O) groups excluding carboxylic acids is 2. The Bertz CT molecular complexity index is 1610. The molecule has 0 spiro atoms. The summed E-state index contributed by atoms with van der Waals surface area (Å²) in [4.78, 5) is 29.4. The predicted octanol–water partition coefficient (Wildman–Crippen LogP) is 3.67. The van der Waals surface area contributed by atoms with Crippen molar-refractivity contribution in [2.75, 3.05) is 20.7 Å². The van der Waals surface area contributed by atoms with E-state index >= 15 is 0 Å². The van der Waals surface area contributed by atoms with Crippen molar-refractivity contribution in [3.05, 3.63) is 47.3 Å². The Labute approximate surface area is 326 Å². The minimum atomic E-state index is -1.86. The number of aliphatic hydroxyl groups excluding tert-OH is 2. The van der Waals surface area contributed by atoms with Crippen molar-refractivity contribution in [3.63, 3.8) is 0 Å². The molecular weight excluding hydrogens is 706 g/mol. The Balaban J connectivity index is 1.52. The number of nitriles is 1. The van der Waals surface area contributed by atoms with E-state index in [9.17, 15) is 24.9 Å². The first-order valence-corrected chi connectivity index (χ1v) is 19.6. The average Bonchev–Trinajstić information content (AvgIpc) is 3.61. The average molecular weight is 770 g/mol. The van der Waals surface area contributed by atoms with Crippen LogP contribution in [0.1, 0.15) is 97.9 Å². The fourth-order valence-electron chi connectivity index (χ4n) is 8.44. The smallest absolute Gasteiger partial charge is 0.309 e. The predicted molar refractivity (Wildman–Crippen MR) is 203 cm³/mol. The number of carbonyl (C=O) groups is 2. The zero-order chi connectivity index (χ0) is 40.8. The maximum atomic E-state index is 13.8. The summed E-state index contributed by atoms with van der Waals surface area (Å²) in [5.74, 6) is -3.33. The number of cyclic esters (lactones) is 1. The fourth-order valence-corrected chi connectivity index (χ4v) is 8.44. The number of benzene rings is 1. The fraction of sp³-hybridized carbons (Fsp3) is 0.732. The number of aromatic nitrogens is 3. The minimum Gasteiger partial charge on any atom is -0.459 e. The Morgan fingerprint density at radius 2 is 1.75 bits per heavy atom. The van der Waals surface area contributed by atoms with Crippen LogP contribution in [0.3, 0.4) is 0 Å². The number of Topliss-reactive ketones (excluding diaryl/α,β-unsaturated/α-hetero) is 1. The van der Waals surface area contributed by atoms with Gasteiger partial charge in [0.1, 0.15) is 23.6 Å². The number of nitrogens with zero attached hydrogens (tertiary/aromatic N) is 5. The second-order valence-corrected chi connectivity index (χ2v) is 16.5. The first-order valence-electron chi connectivity index (χ1n) is 19.6. The molecule has 2 aliphatic rings. The molecule has 13 atom stereocenters. The number of ketones is 1. The number of ether oxygens (including phenoxy) is 4. The lowest BCUT2D eigenvalue weighted by Crippen LogP contribution is -2.59. The molecule has 55 heavy (non-hydrogen) atoms. The summed E-state index contributed by atoms with van der Waals surface area (Å²) in [6.45, 7) is 15.1. The molecule has 306 valence electrons. The van der Waals surface area contributed by atoms with Crippen LogP contribution in [-0.2, 0) is 41.5 Å². The highest BCUT2D eigenvalue weighted by atomic mass is 16.7. The van der Waals surface area contributed by atoms with E-state index in [1.807, 2.05) is 46.1 Å². The molecule has 4 rings (SSSR count). The number of aliphatic hydroxyl groups is 3. The van der Waals surface area contributed by atoms with Crippen molar-refractivity contribution in [2.45, 2.75) is 148 Å². The van der Waals surface area contributed by atoms with Gasteiger partial charge in [0.05, 0.1) is 53.7 Å². The summed E-state index contributed by atoms with van der Waals surface area (Å²) in [7, 11) is 3.50. The van der Waals surface area contributed by atoms with E-state index in [0.717, 1.165) is 11.3 Å². The van der Waals surface area contributed by atoms with Crippen molar-refractivity contribution in [1.29, 1.82) is 5.26 Å². The topological polar surface area (TPSA) is 189 Å². The number of hydrogen-bond donors (Lipinski definition) is 3. The summed E-state index contributed by atoms with van der Waals surface area (Å²) < 4.78 is 26.8. The number of hydrogen-bond acceptors (Lipinski definition) is 13. The van der Waals surface area contributed by atoms with Crippen molar-refractivity contribution in [3.8, 4) is 6.07 Å². The van der Waals surface area contributed by atoms with Crippen LogP contribution in [-0.4, -0.2) is 122 Å². The number of esters is 1. The normalized spacial score (nSPS) is 36.9. The molecule has 0 aliphatic carbocycles. The highest BCUT2D eigenvalue weighted by Crippen LogP contribution is 2.39. The van der Waals surface area contributed by atoms with E-state index < -0.39 is 65.6 Å². The van der Waals surface area contributed by atoms with E-state index in [1.54, 1.807) is 51.6 Å². The van der Waals surface area contributed by atoms with Gasteiger partial charge in [0.25, 0.3) is 0 Å². The third kappa shape index (κ3) is 10.6. The molecule has 2 aliphatic heterocycles. The molecular formula is C41H63N5O9. The monoisotopic (exact) mass is 769 g/mol. The number of rotatable bonds is 10. The lowest BCUT2D eigenvalue weighted by molar-refractivity contribution is -0.298. The van der Waals surface area contributed by atoms with Crippen LogP contribution in [0.2, 0.25) is 0 Å². The van der Waals surface area contributed by atoms with Crippen molar-refractivity contribution in [1.82, 2.24) is 19.9 Å². The lowest BCUT2D eigenvalue weighted by Gasteiger charge is -2.47. The van der Waals surface area contributed by atoms with Gasteiger partial charge in [0.2, 0.25) is 0 Å². The van der Waals surface area contributed by atoms with Crippen LogP contribution in [0.5, 0.6) is 0 Å². The molecule has 14 heteroatoms. The molecule has 2 fully saturated rings. The van der Waals surface area contributed by atoms with E-state index in [0.29, 0.717) is 37.9 Å². The van der Waals surface area contributed by atoms with E-state index in [1.165, 1.54) is 6.92 Å². The van der Waals surface area contributed by atoms with Crippen molar-refractivity contribution < 1.29 is 43.9 Å². The molecule has 0 amide bonds. The maximum Gasteiger partial charge on any atom is 0.309 e. The van der Waals surface area contributed by atoms with Crippen LogP contribution in [0.25, 0.3) is 0 Å². The Kier molecular flexibility index (Phi) is 15.2. The van der Waals surface area contributed by atoms with Crippen LogP contribution in [0, 0.1) is 35.0 Å². The molecule has 3 heterocycles. The minimum absolute atomic E-state index is 0.208. The Morgan fingerprint density at radius 1 is 1.07 bits per heavy atom. The van der Waals surface area contributed by atoms with Gasteiger partial charge in [0, 0.05) is 44.1 Å². The summed E-state index contributed by atoms with van der Waals surface area (Å²) in [6.07, 6.45) is -1.78. The molecule has 3 N–H and O–H groups in total. The molecule has 2 aromatic rings. The second kappa shape index (κ2) is 18.8. The molecule has 1 aromatic heterocycles. The third-order valence-corrected chi connectivity index (χ3v) is 11.9. The van der Waals surface area contributed by atoms with Gasteiger partial charge in [-0.25, -0.2) is 4.68 Å². The lowest BCUT2D eigenvalue weighted by atomic mass is 9.74. The van der Waals surface area contributed by atoms with Gasteiger partial charge in [-0.05, 0) is 77.1 Å². The summed E-state index contributed by atoms with van der Waals surface area (Å²) in [6, 6.07) is 9.15.